The highest BCUT2D eigenvalue weighted by molar-refractivity contribution is 5.16. The highest BCUT2D eigenvalue weighted by atomic mass is 16.8. The molecule has 2 aliphatic heterocycles. The molecule has 1 unspecified atom stereocenters. The van der Waals surface area contributed by atoms with Crippen molar-refractivity contribution in [3.63, 3.8) is 0 Å². The van der Waals surface area contributed by atoms with Crippen LogP contribution in [0.3, 0.4) is 0 Å². The van der Waals surface area contributed by atoms with Crippen LogP contribution in [-0.2, 0) is 18.9 Å². The fourth-order valence-electron chi connectivity index (χ4n) is 2.66. The van der Waals surface area contributed by atoms with Gasteiger partial charge in [-0.15, -0.1) is 6.58 Å². The second-order valence-corrected chi connectivity index (χ2v) is 5.32. The number of rotatable bonds is 4. The van der Waals surface area contributed by atoms with Crippen LogP contribution >= 0.6 is 0 Å². The van der Waals surface area contributed by atoms with Crippen LogP contribution in [0.1, 0.15) is 11.9 Å². The standard InChI is InChI=1S/C16H20O6/c1-2-8-19-16-13(18)12(17)14-11(21-16)9-20-15(22-14)10-6-4-3-5-7-10/h2-7,11-18H,1,8-9H2/t11-,12-,13-,14+,15?,16+/m1/s1. The number of hydrogen-bond donors (Lipinski definition) is 2. The summed E-state index contributed by atoms with van der Waals surface area (Å²) in [7, 11) is 0. The Morgan fingerprint density at radius 2 is 1.95 bits per heavy atom. The molecular weight excluding hydrogens is 288 g/mol. The first-order chi connectivity index (χ1) is 10.7. The molecular formula is C16H20O6. The van der Waals surface area contributed by atoms with Crippen molar-refractivity contribution in [2.45, 2.75) is 37.0 Å². The lowest BCUT2D eigenvalue weighted by Crippen LogP contribution is -2.62. The molecule has 120 valence electrons. The quantitative estimate of drug-likeness (QED) is 0.799. The van der Waals surface area contributed by atoms with Crippen LogP contribution < -0.4 is 0 Å². The Hall–Kier alpha value is -1.28. The molecule has 6 heteroatoms. The van der Waals surface area contributed by atoms with Gasteiger partial charge in [0.1, 0.15) is 24.4 Å². The number of aliphatic hydroxyl groups excluding tert-OH is 2. The maximum absolute atomic E-state index is 10.3. The second kappa shape index (κ2) is 6.87. The number of ether oxygens (including phenoxy) is 4. The van der Waals surface area contributed by atoms with E-state index < -0.39 is 37.0 Å². The Morgan fingerprint density at radius 3 is 2.68 bits per heavy atom. The summed E-state index contributed by atoms with van der Waals surface area (Å²) in [6.45, 7) is 4.01. The third-order valence-corrected chi connectivity index (χ3v) is 3.78. The van der Waals surface area contributed by atoms with E-state index >= 15 is 0 Å². The van der Waals surface area contributed by atoms with Crippen LogP contribution in [0.5, 0.6) is 0 Å². The molecule has 2 fully saturated rings. The van der Waals surface area contributed by atoms with Crippen molar-refractivity contribution >= 4 is 0 Å². The predicted octanol–water partition coefficient (Wildman–Crippen LogP) is 0.750. The third kappa shape index (κ3) is 3.08. The summed E-state index contributed by atoms with van der Waals surface area (Å²) >= 11 is 0. The maximum Gasteiger partial charge on any atom is 0.187 e. The second-order valence-electron chi connectivity index (χ2n) is 5.32. The van der Waals surface area contributed by atoms with Crippen molar-refractivity contribution < 1.29 is 29.2 Å². The lowest BCUT2D eigenvalue weighted by Gasteiger charge is -2.46. The molecule has 0 spiro atoms. The molecule has 3 rings (SSSR count). The van der Waals surface area contributed by atoms with Crippen molar-refractivity contribution in [2.75, 3.05) is 13.2 Å². The average Bonchev–Trinajstić information content (AvgIpc) is 2.57. The van der Waals surface area contributed by atoms with Gasteiger partial charge in [-0.1, -0.05) is 36.4 Å². The zero-order valence-electron chi connectivity index (χ0n) is 12.1. The van der Waals surface area contributed by atoms with E-state index in [2.05, 4.69) is 6.58 Å². The molecule has 2 saturated heterocycles. The largest absolute Gasteiger partial charge is 0.387 e. The Kier molecular flexibility index (Phi) is 4.87. The summed E-state index contributed by atoms with van der Waals surface area (Å²) in [4.78, 5) is 0. The molecule has 2 heterocycles. The number of fused-ring (bicyclic) bond motifs is 1. The first-order valence-electron chi connectivity index (χ1n) is 7.27. The van der Waals surface area contributed by atoms with Crippen LogP contribution in [-0.4, -0.2) is 54.1 Å². The fraction of sp³-hybridized carbons (Fsp3) is 0.500. The molecule has 0 aliphatic carbocycles. The monoisotopic (exact) mass is 308 g/mol. The van der Waals surface area contributed by atoms with Gasteiger partial charge in [0.25, 0.3) is 0 Å². The number of benzene rings is 1. The fourth-order valence-corrected chi connectivity index (χ4v) is 2.66. The minimum absolute atomic E-state index is 0.222. The van der Waals surface area contributed by atoms with E-state index in [4.69, 9.17) is 18.9 Å². The van der Waals surface area contributed by atoms with E-state index in [1.807, 2.05) is 30.3 Å². The van der Waals surface area contributed by atoms with E-state index in [9.17, 15) is 10.2 Å². The van der Waals surface area contributed by atoms with E-state index in [-0.39, 0.29) is 13.2 Å². The molecule has 0 bridgehead atoms. The minimum Gasteiger partial charge on any atom is -0.387 e. The maximum atomic E-state index is 10.3. The van der Waals surface area contributed by atoms with Crippen LogP contribution in [0.4, 0.5) is 0 Å². The van der Waals surface area contributed by atoms with E-state index in [0.717, 1.165) is 5.56 Å². The highest BCUT2D eigenvalue weighted by Crippen LogP contribution is 2.34. The van der Waals surface area contributed by atoms with Gasteiger partial charge in [0, 0.05) is 5.56 Å². The molecule has 1 aromatic carbocycles. The van der Waals surface area contributed by atoms with Gasteiger partial charge in [0.05, 0.1) is 13.2 Å². The van der Waals surface area contributed by atoms with Crippen molar-refractivity contribution in [1.82, 2.24) is 0 Å². The van der Waals surface area contributed by atoms with Crippen molar-refractivity contribution in [2.24, 2.45) is 0 Å². The average molecular weight is 308 g/mol. The van der Waals surface area contributed by atoms with Crippen LogP contribution in [0.25, 0.3) is 0 Å². The van der Waals surface area contributed by atoms with E-state index in [0.29, 0.717) is 0 Å². The Bertz CT molecular complexity index is 491. The van der Waals surface area contributed by atoms with E-state index in [1.54, 1.807) is 6.08 Å². The predicted molar refractivity (Wildman–Crippen MR) is 76.8 cm³/mol. The Morgan fingerprint density at radius 1 is 1.18 bits per heavy atom. The molecule has 0 radical (unpaired) electrons. The van der Waals surface area contributed by atoms with Crippen LogP contribution in [0.2, 0.25) is 0 Å². The lowest BCUT2D eigenvalue weighted by molar-refractivity contribution is -0.360. The lowest BCUT2D eigenvalue weighted by atomic mass is 9.98. The summed E-state index contributed by atoms with van der Waals surface area (Å²) in [5.41, 5.74) is 0.854. The van der Waals surface area contributed by atoms with Gasteiger partial charge in [-0.05, 0) is 0 Å². The first-order valence-corrected chi connectivity index (χ1v) is 7.27. The Balaban J connectivity index is 1.69. The van der Waals surface area contributed by atoms with Crippen LogP contribution in [0.15, 0.2) is 43.0 Å². The molecule has 22 heavy (non-hydrogen) atoms. The normalized spacial score (nSPS) is 38.3. The van der Waals surface area contributed by atoms with Gasteiger partial charge >= 0.3 is 0 Å². The summed E-state index contributed by atoms with van der Waals surface area (Å²) in [5.74, 6) is 0. The molecule has 2 N–H and O–H groups in total. The molecule has 6 nitrogen and oxygen atoms in total. The van der Waals surface area contributed by atoms with Crippen LogP contribution in [0, 0.1) is 0 Å². The van der Waals surface area contributed by atoms with Gasteiger partial charge in [0.15, 0.2) is 12.6 Å². The summed E-state index contributed by atoms with van der Waals surface area (Å²) in [5, 5.41) is 20.4. The highest BCUT2D eigenvalue weighted by Gasteiger charge is 2.49. The summed E-state index contributed by atoms with van der Waals surface area (Å²) in [6.07, 6.45) is -3.41. The zero-order chi connectivity index (χ0) is 15.5. The molecule has 6 atom stereocenters. The number of aliphatic hydroxyl groups is 2. The molecule has 0 aromatic heterocycles. The number of hydrogen-bond acceptors (Lipinski definition) is 6. The SMILES string of the molecule is C=CCO[C@H]1O[C@@H]2COC(c3ccccc3)O[C@@H]2[C@H](O)[C@H]1O. The van der Waals surface area contributed by atoms with Gasteiger partial charge in [-0.2, -0.15) is 0 Å². The molecule has 0 saturated carbocycles. The van der Waals surface area contributed by atoms with Gasteiger partial charge < -0.3 is 29.2 Å². The summed E-state index contributed by atoms with van der Waals surface area (Å²) in [6, 6.07) is 9.44. The van der Waals surface area contributed by atoms with Crippen molar-refractivity contribution in [3.05, 3.63) is 48.6 Å². The topological polar surface area (TPSA) is 77.4 Å². The van der Waals surface area contributed by atoms with E-state index in [1.165, 1.54) is 0 Å². The molecule has 1 aromatic rings. The van der Waals surface area contributed by atoms with Crippen molar-refractivity contribution in [3.8, 4) is 0 Å². The van der Waals surface area contributed by atoms with Gasteiger partial charge in [0.2, 0.25) is 0 Å². The zero-order valence-corrected chi connectivity index (χ0v) is 12.1. The van der Waals surface area contributed by atoms with Gasteiger partial charge in [-0.25, -0.2) is 0 Å². The van der Waals surface area contributed by atoms with Crippen molar-refractivity contribution in [1.29, 1.82) is 0 Å². The summed E-state index contributed by atoms with van der Waals surface area (Å²) < 4.78 is 22.4. The Labute approximate surface area is 128 Å². The minimum atomic E-state index is -1.18. The third-order valence-electron chi connectivity index (χ3n) is 3.78. The molecule has 2 aliphatic rings. The smallest absolute Gasteiger partial charge is 0.187 e. The van der Waals surface area contributed by atoms with Gasteiger partial charge in [-0.3, -0.25) is 0 Å². The molecule has 0 amide bonds. The first kappa shape index (κ1) is 15.6.